The molecule has 0 aromatic heterocycles. The molecule has 45 heavy (non-hydrogen) atoms. The number of halogens is 1. The van der Waals surface area contributed by atoms with Crippen molar-refractivity contribution in [3.63, 3.8) is 0 Å². The van der Waals surface area contributed by atoms with Crippen LogP contribution in [0.3, 0.4) is 0 Å². The van der Waals surface area contributed by atoms with Crippen LogP contribution in [0.25, 0.3) is 0 Å². The molecule has 260 valence electrons. The summed E-state index contributed by atoms with van der Waals surface area (Å²) in [4.78, 5) is 36.7. The van der Waals surface area contributed by atoms with Gasteiger partial charge in [-0.2, -0.15) is 0 Å². The molecule has 2 fully saturated rings. The topological polar surface area (TPSA) is 149 Å². The minimum atomic E-state index is -0.590. The maximum Gasteiger partial charge on any atom is 0.407 e. The molecule has 2 rings (SSSR count). The van der Waals surface area contributed by atoms with E-state index in [1.807, 2.05) is 47.6 Å². The number of carbonyl (C=O) groups excluding carboxylic acids is 3. The van der Waals surface area contributed by atoms with E-state index >= 15 is 0 Å². The van der Waals surface area contributed by atoms with Crippen LogP contribution in [0.2, 0.25) is 0 Å². The number of ether oxygens (including phenoxy) is 5. The molecule has 1 saturated heterocycles. The van der Waals surface area contributed by atoms with Crippen molar-refractivity contribution in [1.29, 1.82) is 0 Å². The average Bonchev–Trinajstić information content (AvgIpc) is 3.74. The molecule has 1 saturated carbocycles. The number of methoxy groups -OCH3 is 1. The van der Waals surface area contributed by atoms with E-state index in [4.69, 9.17) is 23.7 Å². The summed E-state index contributed by atoms with van der Waals surface area (Å²) in [5, 5.41) is 8.30. The summed E-state index contributed by atoms with van der Waals surface area (Å²) >= 11 is -0.0869. The smallest absolute Gasteiger partial charge is 0.407 e. The van der Waals surface area contributed by atoms with Crippen LogP contribution in [0.4, 0.5) is 13.5 Å². The molecule has 1 heterocycles. The number of hydrogen-bond donors (Lipinski definition) is 4. The Morgan fingerprint density at radius 1 is 1.09 bits per heavy atom. The molecule has 14 heteroatoms. The zero-order chi connectivity index (χ0) is 33.5. The van der Waals surface area contributed by atoms with Gasteiger partial charge in [-0.1, -0.05) is 38.3 Å². The predicted octanol–water partition coefficient (Wildman–Crippen LogP) is 4.59. The number of amides is 3. The molecule has 5 atom stereocenters. The zero-order valence-corrected chi connectivity index (χ0v) is 28.8. The first-order valence-corrected chi connectivity index (χ1v) is 16.7. The van der Waals surface area contributed by atoms with Crippen LogP contribution in [0, 0.1) is 11.8 Å². The maximum absolute atomic E-state index is 13.1. The van der Waals surface area contributed by atoms with E-state index in [-0.39, 0.29) is 48.8 Å². The number of hydrogen-bond acceptors (Lipinski definition) is 10. The molecule has 4 unspecified atom stereocenters. The van der Waals surface area contributed by atoms with Gasteiger partial charge in [0, 0.05) is 26.1 Å². The second-order valence-corrected chi connectivity index (χ2v) is 13.3. The SMILES string of the molecule is COC1C(OC(=O)N[C@@H](COC(=O)NCCCCCCNC(=O)CNSF)C(C)C)CCC2(CO2)C1C(C)(C)OCC=C(C)C. The van der Waals surface area contributed by atoms with Gasteiger partial charge in [-0.3, -0.25) is 4.79 Å². The summed E-state index contributed by atoms with van der Waals surface area (Å²) in [5.41, 5.74) is 0.237. The number of allylic oxidation sites excluding steroid dienone is 1. The zero-order valence-electron chi connectivity index (χ0n) is 28.0. The molecular formula is C31H55FN4O8S. The van der Waals surface area contributed by atoms with Gasteiger partial charge in [-0.25, -0.2) is 14.3 Å². The lowest BCUT2D eigenvalue weighted by molar-refractivity contribution is -0.172. The molecule has 3 amide bonds. The van der Waals surface area contributed by atoms with Gasteiger partial charge in [0.25, 0.3) is 0 Å². The van der Waals surface area contributed by atoms with Gasteiger partial charge in [0.15, 0.2) is 0 Å². The van der Waals surface area contributed by atoms with E-state index in [0.717, 1.165) is 32.1 Å². The summed E-state index contributed by atoms with van der Waals surface area (Å²) in [6.07, 6.45) is 4.61. The Labute approximate surface area is 272 Å². The molecule has 0 aromatic carbocycles. The van der Waals surface area contributed by atoms with E-state index in [1.54, 1.807) is 7.11 Å². The van der Waals surface area contributed by atoms with Crippen molar-refractivity contribution >= 4 is 30.4 Å². The molecule has 2 aliphatic rings. The van der Waals surface area contributed by atoms with E-state index in [9.17, 15) is 18.3 Å². The van der Waals surface area contributed by atoms with Crippen molar-refractivity contribution in [3.05, 3.63) is 11.6 Å². The Morgan fingerprint density at radius 2 is 1.76 bits per heavy atom. The molecule has 1 spiro atoms. The van der Waals surface area contributed by atoms with Crippen molar-refractivity contribution in [2.45, 2.75) is 110 Å². The standard InChI is InChI=1S/C31H55FN4O8S/c1-21(2)13-17-42-30(5,6)27-26(40-7)24(12-14-31(27)20-43-31)44-29(39)36-23(22(3)4)19-41-28(38)34-16-11-9-8-10-15-33-25(37)18-35-45-32/h13,22-24,26-27,35H,8-12,14-20H2,1-7H3,(H,33,37)(H,34,38)(H,36,39)/t23-,24?,26?,27?,31?/m0/s1. The molecule has 0 bridgehead atoms. The fourth-order valence-electron chi connectivity index (χ4n) is 5.71. The third kappa shape index (κ3) is 13.6. The van der Waals surface area contributed by atoms with Crippen LogP contribution in [-0.2, 0) is 28.5 Å². The predicted molar refractivity (Wildman–Crippen MR) is 171 cm³/mol. The van der Waals surface area contributed by atoms with Gasteiger partial charge < -0.3 is 39.6 Å². The fraction of sp³-hybridized carbons (Fsp3) is 0.839. The van der Waals surface area contributed by atoms with Crippen molar-refractivity contribution < 1.29 is 42.0 Å². The molecule has 4 N–H and O–H groups in total. The molecular weight excluding hydrogens is 607 g/mol. The highest BCUT2D eigenvalue weighted by molar-refractivity contribution is 7.92. The lowest BCUT2D eigenvalue weighted by Crippen LogP contribution is -2.59. The summed E-state index contributed by atoms with van der Waals surface area (Å²) < 4.78 is 43.7. The van der Waals surface area contributed by atoms with Crippen molar-refractivity contribution in [2.75, 3.05) is 46.6 Å². The number of nitrogens with one attached hydrogen (secondary N) is 4. The van der Waals surface area contributed by atoms with Crippen LogP contribution in [0.15, 0.2) is 11.6 Å². The fourth-order valence-corrected chi connectivity index (χ4v) is 5.90. The first kappa shape index (κ1) is 39.1. The number of epoxide rings is 1. The Bertz CT molecular complexity index is 962. The monoisotopic (exact) mass is 662 g/mol. The van der Waals surface area contributed by atoms with Crippen LogP contribution in [0.1, 0.15) is 80.1 Å². The maximum atomic E-state index is 13.1. The van der Waals surface area contributed by atoms with Crippen LogP contribution in [0.5, 0.6) is 0 Å². The van der Waals surface area contributed by atoms with Crippen molar-refractivity contribution in [3.8, 4) is 0 Å². The highest BCUT2D eigenvalue weighted by Gasteiger charge is 2.64. The van der Waals surface area contributed by atoms with E-state index < -0.39 is 36.0 Å². The largest absolute Gasteiger partial charge is 0.447 e. The Hall–Kier alpha value is -2.13. The Morgan fingerprint density at radius 3 is 2.33 bits per heavy atom. The van der Waals surface area contributed by atoms with Crippen LogP contribution in [-0.4, -0.2) is 94.1 Å². The van der Waals surface area contributed by atoms with Crippen LogP contribution < -0.4 is 20.7 Å². The van der Waals surface area contributed by atoms with Crippen molar-refractivity contribution in [2.24, 2.45) is 11.8 Å². The minimum absolute atomic E-state index is 0.00273. The molecule has 1 aliphatic heterocycles. The van der Waals surface area contributed by atoms with E-state index in [2.05, 4.69) is 20.7 Å². The van der Waals surface area contributed by atoms with Gasteiger partial charge in [0.1, 0.15) is 31.1 Å². The van der Waals surface area contributed by atoms with Gasteiger partial charge in [0.05, 0.1) is 37.0 Å². The van der Waals surface area contributed by atoms with Gasteiger partial charge >= 0.3 is 12.2 Å². The van der Waals surface area contributed by atoms with Gasteiger partial charge in [-0.15, -0.1) is 3.89 Å². The Balaban J connectivity index is 1.76. The summed E-state index contributed by atoms with van der Waals surface area (Å²) in [7, 11) is 1.62. The first-order valence-electron chi connectivity index (χ1n) is 15.9. The highest BCUT2D eigenvalue weighted by atomic mass is 32.2. The van der Waals surface area contributed by atoms with E-state index in [1.165, 1.54) is 5.57 Å². The molecule has 12 nitrogen and oxygen atoms in total. The highest BCUT2D eigenvalue weighted by Crippen LogP contribution is 2.52. The third-order valence-electron chi connectivity index (χ3n) is 8.34. The second-order valence-electron chi connectivity index (χ2n) is 12.9. The minimum Gasteiger partial charge on any atom is -0.447 e. The average molecular weight is 663 g/mol. The second kappa shape index (κ2) is 19.5. The van der Waals surface area contributed by atoms with E-state index in [0.29, 0.717) is 32.7 Å². The van der Waals surface area contributed by atoms with Crippen LogP contribution >= 0.6 is 12.3 Å². The number of unbranched alkanes of at least 4 members (excludes halogenated alkanes) is 3. The van der Waals surface area contributed by atoms with Crippen molar-refractivity contribution in [1.82, 2.24) is 20.7 Å². The number of carbonyl (C=O) groups is 3. The number of alkyl carbamates (subject to hydrolysis) is 2. The first-order chi connectivity index (χ1) is 21.3. The Kier molecular flexibility index (Phi) is 16.9. The summed E-state index contributed by atoms with van der Waals surface area (Å²) in [6.45, 7) is 14.0. The van der Waals surface area contributed by atoms with Gasteiger partial charge in [-0.05, 0) is 59.3 Å². The lowest BCUT2D eigenvalue weighted by Gasteiger charge is -2.47. The molecule has 0 radical (unpaired) electrons. The summed E-state index contributed by atoms with van der Waals surface area (Å²) in [5.74, 6) is -0.410. The normalized spacial score (nSPS) is 23.3. The summed E-state index contributed by atoms with van der Waals surface area (Å²) in [6, 6.07) is -0.445. The lowest BCUT2D eigenvalue weighted by atomic mass is 9.68. The van der Waals surface area contributed by atoms with Gasteiger partial charge in [0.2, 0.25) is 5.91 Å². The number of rotatable bonds is 20. The molecule has 1 aliphatic carbocycles. The third-order valence-corrected chi connectivity index (χ3v) is 8.59. The quantitative estimate of drug-likeness (QED) is 0.0632. The molecule has 0 aromatic rings.